The molecule has 1 amide bonds. The summed E-state index contributed by atoms with van der Waals surface area (Å²) in [6, 6.07) is 27.9. The van der Waals surface area contributed by atoms with E-state index in [1.165, 1.54) is 11.8 Å². The van der Waals surface area contributed by atoms with Gasteiger partial charge in [0.05, 0.1) is 5.70 Å². The minimum absolute atomic E-state index is 0.0675. The number of rotatable bonds is 3. The van der Waals surface area contributed by atoms with Gasteiger partial charge in [-0.15, -0.1) is 0 Å². The van der Waals surface area contributed by atoms with Gasteiger partial charge in [0, 0.05) is 22.0 Å². The summed E-state index contributed by atoms with van der Waals surface area (Å²) in [5, 5.41) is 12.5. The van der Waals surface area contributed by atoms with E-state index in [9.17, 15) is 19.6 Å². The van der Waals surface area contributed by atoms with Crippen molar-refractivity contribution in [2.45, 2.75) is 0 Å². The Morgan fingerprint density at radius 2 is 1.61 bits per heavy atom. The number of hydrogen-bond donors (Lipinski definition) is 0. The normalized spacial score (nSPS) is 15.7. The van der Waals surface area contributed by atoms with E-state index in [4.69, 9.17) is 4.42 Å². The van der Waals surface area contributed by atoms with Crippen molar-refractivity contribution in [3.05, 3.63) is 128 Å². The Balaban J connectivity index is 1.42. The number of amides is 1. The molecule has 0 saturated heterocycles. The van der Waals surface area contributed by atoms with Crippen molar-refractivity contribution in [1.29, 1.82) is 5.26 Å². The first-order valence-corrected chi connectivity index (χ1v) is 13.1. The van der Waals surface area contributed by atoms with Crippen molar-refractivity contribution in [3.63, 3.8) is 0 Å². The fourth-order valence-corrected chi connectivity index (χ4v) is 6.26. The molecule has 0 aliphatic carbocycles. The van der Waals surface area contributed by atoms with Gasteiger partial charge in [0.1, 0.15) is 32.9 Å². The molecule has 3 heterocycles. The van der Waals surface area contributed by atoms with Gasteiger partial charge in [-0.05, 0) is 35.5 Å². The molecule has 7 nitrogen and oxygen atoms in total. The van der Waals surface area contributed by atoms with Crippen LogP contribution >= 0.6 is 23.5 Å². The van der Waals surface area contributed by atoms with E-state index in [1.54, 1.807) is 24.3 Å². The number of aliphatic imine (C=N–C) groups is 1. The molecule has 0 spiro atoms. The maximum absolute atomic E-state index is 13.6. The van der Waals surface area contributed by atoms with Crippen LogP contribution in [-0.2, 0) is 4.79 Å². The highest BCUT2D eigenvalue weighted by Crippen LogP contribution is 2.45. The van der Waals surface area contributed by atoms with Gasteiger partial charge in [-0.25, -0.2) is 9.79 Å². The first kappa shape index (κ1) is 23.7. The summed E-state index contributed by atoms with van der Waals surface area (Å²) >= 11 is 1.93. The molecule has 0 unspecified atom stereocenters. The third-order valence-electron chi connectivity index (χ3n) is 5.97. The molecule has 0 N–H and O–H groups in total. The zero-order chi connectivity index (χ0) is 26.2. The molecule has 4 aromatic rings. The van der Waals surface area contributed by atoms with Crippen molar-refractivity contribution in [3.8, 4) is 6.07 Å². The Morgan fingerprint density at radius 3 is 2.34 bits per heavy atom. The lowest BCUT2D eigenvalue weighted by Crippen LogP contribution is -2.19. The standard InChI is InChI=1S/C29H15N3O4S2/c30-15-20(27-32(18-11-5-2-6-12-18)21(16-37-27)17-9-3-1-4-10-17)29(35)38-26-23-19-13-7-8-14-22(19)36-28(34)24(23)25(33)31-26/h1-14,16H/b27-20+. The number of thioether (sulfide) groups is 2. The summed E-state index contributed by atoms with van der Waals surface area (Å²) in [5.74, 6) is -0.768. The first-order valence-electron chi connectivity index (χ1n) is 11.4. The quantitative estimate of drug-likeness (QED) is 0.181. The smallest absolute Gasteiger partial charge is 0.350 e. The Kier molecular flexibility index (Phi) is 6.04. The second-order valence-corrected chi connectivity index (χ2v) is 10.0. The molecule has 6 rings (SSSR count). The van der Waals surface area contributed by atoms with E-state index >= 15 is 0 Å². The minimum atomic E-state index is -0.812. The number of anilines is 1. The summed E-state index contributed by atoms with van der Waals surface area (Å²) in [4.78, 5) is 44.5. The number of nitrogens with zero attached hydrogens (tertiary/aromatic N) is 3. The highest BCUT2D eigenvalue weighted by atomic mass is 32.2. The van der Waals surface area contributed by atoms with Crippen LogP contribution in [0.15, 0.2) is 115 Å². The van der Waals surface area contributed by atoms with Crippen molar-refractivity contribution >= 4 is 61.9 Å². The summed E-state index contributed by atoms with van der Waals surface area (Å²) in [7, 11) is 0. The van der Waals surface area contributed by atoms with Gasteiger partial charge in [0.2, 0.25) is 5.12 Å². The SMILES string of the molecule is N#C/C(C(=O)SC1=NC(=O)c2c1c1ccccc1oc2=O)=C1\SC=C(c2ccccc2)N1c1ccccc1. The van der Waals surface area contributed by atoms with Crippen molar-refractivity contribution in [1.82, 2.24) is 0 Å². The zero-order valence-electron chi connectivity index (χ0n) is 19.5. The molecule has 0 radical (unpaired) electrons. The summed E-state index contributed by atoms with van der Waals surface area (Å²) in [6.07, 6.45) is 0. The number of hydrogen-bond acceptors (Lipinski definition) is 8. The molecular formula is C29H15N3O4S2. The lowest BCUT2D eigenvalue weighted by atomic mass is 10.1. The fourth-order valence-electron chi connectivity index (χ4n) is 4.30. The van der Waals surface area contributed by atoms with Gasteiger partial charge < -0.3 is 9.32 Å². The molecule has 182 valence electrons. The number of benzene rings is 3. The molecule has 2 aliphatic heterocycles. The van der Waals surface area contributed by atoms with Gasteiger partial charge >= 0.3 is 5.63 Å². The molecule has 3 aromatic carbocycles. The molecule has 38 heavy (non-hydrogen) atoms. The summed E-state index contributed by atoms with van der Waals surface area (Å²) < 4.78 is 5.27. The van der Waals surface area contributed by atoms with E-state index < -0.39 is 16.6 Å². The summed E-state index contributed by atoms with van der Waals surface area (Å²) in [5.41, 5.74) is 1.96. The minimum Gasteiger partial charge on any atom is -0.422 e. The van der Waals surface area contributed by atoms with Crippen LogP contribution in [0, 0.1) is 11.3 Å². The van der Waals surface area contributed by atoms with Crippen molar-refractivity contribution < 1.29 is 14.0 Å². The third kappa shape index (κ3) is 3.96. The molecule has 0 saturated carbocycles. The second kappa shape index (κ2) is 9.67. The highest BCUT2D eigenvalue weighted by molar-refractivity contribution is 8.27. The number of para-hydroxylation sites is 2. The van der Waals surface area contributed by atoms with E-state index in [2.05, 4.69) is 11.1 Å². The predicted octanol–water partition coefficient (Wildman–Crippen LogP) is 5.94. The molecule has 0 bridgehead atoms. The van der Waals surface area contributed by atoms with Crippen LogP contribution in [0.3, 0.4) is 0 Å². The Labute approximate surface area is 224 Å². The lowest BCUT2D eigenvalue weighted by molar-refractivity contribution is -0.107. The number of carbonyl (C=O) groups excluding carboxylic acids is 2. The largest absolute Gasteiger partial charge is 0.422 e. The van der Waals surface area contributed by atoms with E-state index in [-0.39, 0.29) is 27.3 Å². The van der Waals surface area contributed by atoms with Gasteiger partial charge in [-0.1, -0.05) is 78.5 Å². The Bertz CT molecular complexity index is 1830. The van der Waals surface area contributed by atoms with E-state index in [1.807, 2.05) is 71.0 Å². The average Bonchev–Trinajstić information content (AvgIpc) is 3.52. The maximum Gasteiger partial charge on any atom is 0.350 e. The van der Waals surface area contributed by atoms with Gasteiger partial charge in [0.15, 0.2) is 0 Å². The van der Waals surface area contributed by atoms with Crippen LogP contribution in [-0.4, -0.2) is 16.1 Å². The summed E-state index contributed by atoms with van der Waals surface area (Å²) in [6.45, 7) is 0. The van der Waals surface area contributed by atoms with Crippen LogP contribution in [0.1, 0.15) is 21.5 Å². The zero-order valence-corrected chi connectivity index (χ0v) is 21.1. The van der Waals surface area contributed by atoms with Crippen LogP contribution < -0.4 is 10.5 Å². The van der Waals surface area contributed by atoms with Gasteiger partial charge in [-0.3, -0.25) is 9.59 Å². The van der Waals surface area contributed by atoms with E-state index in [0.717, 1.165) is 16.9 Å². The van der Waals surface area contributed by atoms with Crippen LogP contribution in [0.4, 0.5) is 5.69 Å². The number of fused-ring (bicyclic) bond motifs is 3. The average molecular weight is 534 g/mol. The van der Waals surface area contributed by atoms with Crippen LogP contribution in [0.2, 0.25) is 0 Å². The number of nitriles is 1. The molecular weight excluding hydrogens is 518 g/mol. The van der Waals surface area contributed by atoms with Crippen LogP contribution in [0.5, 0.6) is 0 Å². The monoisotopic (exact) mass is 533 g/mol. The Hall–Kier alpha value is -4.65. The molecule has 0 atom stereocenters. The van der Waals surface area contributed by atoms with Crippen molar-refractivity contribution in [2.75, 3.05) is 4.90 Å². The van der Waals surface area contributed by atoms with Gasteiger partial charge in [0.25, 0.3) is 5.91 Å². The van der Waals surface area contributed by atoms with Gasteiger partial charge in [-0.2, -0.15) is 5.26 Å². The topological polar surface area (TPSA) is 104 Å². The molecule has 2 aliphatic rings. The fraction of sp³-hybridized carbons (Fsp3) is 0. The van der Waals surface area contributed by atoms with E-state index in [0.29, 0.717) is 22.2 Å². The third-order valence-corrected chi connectivity index (χ3v) is 7.80. The second-order valence-electron chi connectivity index (χ2n) is 8.20. The maximum atomic E-state index is 13.6. The number of carbonyl (C=O) groups is 2. The predicted molar refractivity (Wildman–Crippen MR) is 150 cm³/mol. The van der Waals surface area contributed by atoms with Crippen molar-refractivity contribution in [2.24, 2.45) is 4.99 Å². The Morgan fingerprint density at radius 1 is 0.921 bits per heavy atom. The molecule has 0 fully saturated rings. The van der Waals surface area contributed by atoms with Crippen LogP contribution in [0.25, 0.3) is 16.7 Å². The molecule has 1 aromatic heterocycles. The first-order chi connectivity index (χ1) is 18.6. The lowest BCUT2D eigenvalue weighted by Gasteiger charge is -2.24. The molecule has 9 heteroatoms. The highest BCUT2D eigenvalue weighted by Gasteiger charge is 2.35.